The second kappa shape index (κ2) is 8.67. The van der Waals surface area contributed by atoms with Crippen molar-refractivity contribution in [2.45, 2.75) is 46.6 Å². The Balaban J connectivity index is 4.25. The van der Waals surface area contributed by atoms with Crippen LogP contribution in [0.25, 0.3) is 0 Å². The summed E-state index contributed by atoms with van der Waals surface area (Å²) in [6.07, 6.45) is 0.750. The summed E-state index contributed by atoms with van der Waals surface area (Å²) in [7, 11) is -3.13. The number of esters is 1. The van der Waals surface area contributed by atoms with E-state index in [0.29, 0.717) is 19.6 Å². The van der Waals surface area contributed by atoms with Gasteiger partial charge in [0.2, 0.25) is 0 Å². The van der Waals surface area contributed by atoms with Gasteiger partial charge < -0.3 is 13.8 Å². The maximum absolute atomic E-state index is 12.1. The summed E-state index contributed by atoms with van der Waals surface area (Å²) in [5, 5.41) is 0. The minimum absolute atomic E-state index is 0.101. The van der Waals surface area contributed by atoms with Crippen LogP contribution in [0.2, 0.25) is 0 Å². The van der Waals surface area contributed by atoms with Gasteiger partial charge in [-0.05, 0) is 27.2 Å². The van der Waals surface area contributed by atoms with Crippen molar-refractivity contribution < 1.29 is 23.1 Å². The molecule has 0 amide bonds. The van der Waals surface area contributed by atoms with E-state index in [-0.39, 0.29) is 12.1 Å². The van der Waals surface area contributed by atoms with Crippen molar-refractivity contribution in [3.63, 3.8) is 0 Å². The van der Waals surface area contributed by atoms with Gasteiger partial charge in [-0.25, -0.2) is 0 Å². The van der Waals surface area contributed by atoms with Crippen molar-refractivity contribution in [3.8, 4) is 0 Å². The fraction of sp³-hybridized carbons (Fsp3) is 0.909. The van der Waals surface area contributed by atoms with Crippen LogP contribution < -0.4 is 0 Å². The molecule has 5 nitrogen and oxygen atoms in total. The normalized spacial score (nSPS) is 13.4. The van der Waals surface area contributed by atoms with Gasteiger partial charge in [0.25, 0.3) is 0 Å². The lowest BCUT2D eigenvalue weighted by Crippen LogP contribution is -2.20. The first-order valence-corrected chi connectivity index (χ1v) is 7.77. The molecule has 0 saturated heterocycles. The number of ether oxygens (including phenoxy) is 1. The summed E-state index contributed by atoms with van der Waals surface area (Å²) in [6.45, 7) is 7.72. The molecule has 0 heterocycles. The molecule has 0 bridgehead atoms. The molecule has 1 atom stereocenters. The first-order chi connectivity index (χ1) is 7.97. The fourth-order valence-electron chi connectivity index (χ4n) is 1.38. The van der Waals surface area contributed by atoms with Crippen LogP contribution in [0.5, 0.6) is 0 Å². The van der Waals surface area contributed by atoms with E-state index in [4.69, 9.17) is 13.8 Å². The first kappa shape index (κ1) is 16.6. The average Bonchev–Trinajstić information content (AvgIpc) is 2.17. The second-order valence-corrected chi connectivity index (χ2v) is 5.78. The Hall–Kier alpha value is -0.380. The molecule has 0 aliphatic rings. The molecule has 0 spiro atoms. The maximum Gasteiger partial charge on any atom is 0.334 e. The SMILES string of the molecule is CCCC(=O)OC(C)CP(=O)(OCC)OCC. The van der Waals surface area contributed by atoms with Gasteiger partial charge in [-0.15, -0.1) is 0 Å². The maximum atomic E-state index is 12.1. The molecule has 0 N–H and O–H groups in total. The van der Waals surface area contributed by atoms with Crippen molar-refractivity contribution >= 4 is 13.6 Å². The smallest absolute Gasteiger partial charge is 0.334 e. The highest BCUT2D eigenvalue weighted by Gasteiger charge is 2.28. The van der Waals surface area contributed by atoms with Gasteiger partial charge in [0.05, 0.1) is 19.4 Å². The highest BCUT2D eigenvalue weighted by molar-refractivity contribution is 7.53. The van der Waals surface area contributed by atoms with Gasteiger partial charge in [-0.1, -0.05) is 6.92 Å². The third-order valence-corrected chi connectivity index (χ3v) is 4.18. The zero-order chi connectivity index (χ0) is 13.3. The van der Waals surface area contributed by atoms with Gasteiger partial charge in [0, 0.05) is 6.42 Å². The topological polar surface area (TPSA) is 61.8 Å². The van der Waals surface area contributed by atoms with E-state index in [1.54, 1.807) is 20.8 Å². The van der Waals surface area contributed by atoms with Crippen molar-refractivity contribution in [3.05, 3.63) is 0 Å². The average molecular weight is 266 g/mol. The molecule has 102 valence electrons. The number of carbonyl (C=O) groups is 1. The molecule has 0 radical (unpaired) electrons. The highest BCUT2D eigenvalue weighted by Crippen LogP contribution is 2.48. The molecule has 0 rings (SSSR count). The number of carbonyl (C=O) groups excluding carboxylic acids is 1. The summed E-state index contributed by atoms with van der Waals surface area (Å²) in [6, 6.07) is 0. The van der Waals surface area contributed by atoms with E-state index in [1.807, 2.05) is 6.92 Å². The van der Waals surface area contributed by atoms with Crippen LogP contribution in [0.15, 0.2) is 0 Å². The monoisotopic (exact) mass is 266 g/mol. The molecular weight excluding hydrogens is 243 g/mol. The van der Waals surface area contributed by atoms with E-state index < -0.39 is 13.7 Å². The molecule has 1 unspecified atom stereocenters. The molecule has 17 heavy (non-hydrogen) atoms. The third kappa shape index (κ3) is 7.53. The number of rotatable bonds is 9. The van der Waals surface area contributed by atoms with Gasteiger partial charge in [0.1, 0.15) is 6.10 Å². The zero-order valence-corrected chi connectivity index (χ0v) is 12.0. The van der Waals surface area contributed by atoms with E-state index in [1.165, 1.54) is 0 Å². The molecule has 0 aromatic carbocycles. The first-order valence-electron chi connectivity index (χ1n) is 6.05. The highest BCUT2D eigenvalue weighted by atomic mass is 31.2. The van der Waals surface area contributed by atoms with Crippen molar-refractivity contribution in [2.24, 2.45) is 0 Å². The van der Waals surface area contributed by atoms with Crippen LogP contribution in [0.4, 0.5) is 0 Å². The van der Waals surface area contributed by atoms with Crippen LogP contribution in [0.1, 0.15) is 40.5 Å². The lowest BCUT2D eigenvalue weighted by Gasteiger charge is -2.20. The van der Waals surface area contributed by atoms with Gasteiger partial charge in [0.15, 0.2) is 0 Å². The Morgan fingerprint density at radius 2 is 1.71 bits per heavy atom. The predicted molar refractivity (Wildman–Crippen MR) is 66.2 cm³/mol. The van der Waals surface area contributed by atoms with Crippen molar-refractivity contribution in [1.82, 2.24) is 0 Å². The zero-order valence-electron chi connectivity index (χ0n) is 11.1. The minimum Gasteiger partial charge on any atom is -0.462 e. The molecule has 0 fully saturated rings. The lowest BCUT2D eigenvalue weighted by atomic mass is 10.3. The van der Waals surface area contributed by atoms with Crippen LogP contribution in [0.3, 0.4) is 0 Å². The van der Waals surface area contributed by atoms with Gasteiger partial charge in [-0.3, -0.25) is 9.36 Å². The summed E-state index contributed by atoms with van der Waals surface area (Å²) < 4.78 is 27.5. The predicted octanol–water partition coefficient (Wildman–Crippen LogP) is 2.98. The van der Waals surface area contributed by atoms with E-state index in [9.17, 15) is 9.36 Å². The molecular formula is C11H23O5P. The van der Waals surface area contributed by atoms with Crippen molar-refractivity contribution in [1.29, 1.82) is 0 Å². The van der Waals surface area contributed by atoms with E-state index in [0.717, 1.165) is 6.42 Å². The summed E-state index contributed by atoms with van der Waals surface area (Å²) in [5.74, 6) is -0.278. The largest absolute Gasteiger partial charge is 0.462 e. The fourth-order valence-corrected chi connectivity index (χ4v) is 3.15. The number of hydrogen-bond acceptors (Lipinski definition) is 5. The Bertz CT molecular complexity index is 257. The third-order valence-electron chi connectivity index (χ3n) is 1.92. The van der Waals surface area contributed by atoms with E-state index in [2.05, 4.69) is 0 Å². The molecule has 0 aliphatic heterocycles. The summed E-state index contributed by atoms with van der Waals surface area (Å²) >= 11 is 0. The number of hydrogen-bond donors (Lipinski definition) is 0. The summed E-state index contributed by atoms with van der Waals surface area (Å²) in [4.78, 5) is 11.3. The standard InChI is InChI=1S/C11H23O5P/c1-5-8-11(12)16-10(4)9-17(13,14-6-2)15-7-3/h10H,5-9H2,1-4H3. The molecule has 0 saturated carbocycles. The van der Waals surface area contributed by atoms with Gasteiger partial charge >= 0.3 is 13.6 Å². The van der Waals surface area contributed by atoms with E-state index >= 15 is 0 Å². The summed E-state index contributed by atoms with van der Waals surface area (Å²) in [5.41, 5.74) is 0. The molecule has 0 aromatic rings. The van der Waals surface area contributed by atoms with Crippen LogP contribution >= 0.6 is 7.60 Å². The Morgan fingerprint density at radius 3 is 2.12 bits per heavy atom. The van der Waals surface area contributed by atoms with Gasteiger partial charge in [-0.2, -0.15) is 0 Å². The second-order valence-electron chi connectivity index (χ2n) is 3.68. The molecule has 0 aromatic heterocycles. The Labute approximate surface area is 103 Å². The quantitative estimate of drug-likeness (QED) is 0.474. The van der Waals surface area contributed by atoms with Crippen LogP contribution in [-0.2, 0) is 23.1 Å². The van der Waals surface area contributed by atoms with Crippen LogP contribution in [0, 0.1) is 0 Å². The van der Waals surface area contributed by atoms with Crippen LogP contribution in [-0.4, -0.2) is 31.4 Å². The van der Waals surface area contributed by atoms with Crippen molar-refractivity contribution in [2.75, 3.05) is 19.4 Å². The molecule has 0 aliphatic carbocycles. The Morgan fingerprint density at radius 1 is 1.18 bits per heavy atom. The Kier molecular flexibility index (Phi) is 8.48. The lowest BCUT2D eigenvalue weighted by molar-refractivity contribution is -0.147. The molecule has 6 heteroatoms. The minimum atomic E-state index is -3.13.